The van der Waals surface area contributed by atoms with Gasteiger partial charge in [-0.2, -0.15) is 0 Å². The molecule has 1 aromatic heterocycles. The van der Waals surface area contributed by atoms with Crippen molar-refractivity contribution in [2.75, 3.05) is 13.2 Å². The van der Waals surface area contributed by atoms with Gasteiger partial charge < -0.3 is 14.3 Å². The molecule has 1 N–H and O–H groups in total. The average molecular weight is 210 g/mol. The van der Waals surface area contributed by atoms with E-state index in [2.05, 4.69) is 0 Å². The Morgan fingerprint density at radius 3 is 2.60 bits per heavy atom. The fourth-order valence-electron chi connectivity index (χ4n) is 1.53. The molecule has 1 atom stereocenters. The van der Waals surface area contributed by atoms with Crippen molar-refractivity contribution < 1.29 is 23.8 Å². The van der Waals surface area contributed by atoms with Crippen LogP contribution in [0.25, 0.3) is 0 Å². The number of Topliss-reactive ketones (excluding diaryl/α,β-unsaturated/α-hetero) is 1. The van der Waals surface area contributed by atoms with Crippen LogP contribution in [-0.2, 0) is 4.74 Å². The van der Waals surface area contributed by atoms with Gasteiger partial charge in [0.15, 0.2) is 5.76 Å². The Kier molecular flexibility index (Phi) is 2.55. The molecule has 5 heteroatoms. The molecule has 15 heavy (non-hydrogen) atoms. The van der Waals surface area contributed by atoms with Crippen LogP contribution in [0, 0.1) is 5.92 Å². The van der Waals surface area contributed by atoms with Crippen LogP contribution in [0.2, 0.25) is 0 Å². The van der Waals surface area contributed by atoms with Gasteiger partial charge in [0, 0.05) is 6.61 Å². The number of carbonyl (C=O) groups excluding carboxylic acids is 1. The number of carboxylic acid groups (broad SMARTS) is 1. The lowest BCUT2D eigenvalue weighted by Crippen LogP contribution is -2.13. The third kappa shape index (κ3) is 1.92. The highest BCUT2D eigenvalue weighted by Gasteiger charge is 2.27. The van der Waals surface area contributed by atoms with Gasteiger partial charge in [-0.05, 0) is 18.6 Å². The maximum Gasteiger partial charge on any atom is 0.371 e. The SMILES string of the molecule is O=C(O)c1ccc(C(=O)C2CCOC2)o1. The Labute approximate surface area is 85.6 Å². The molecule has 5 nitrogen and oxygen atoms in total. The van der Waals surface area contributed by atoms with Gasteiger partial charge in [0.25, 0.3) is 0 Å². The van der Waals surface area contributed by atoms with Crippen molar-refractivity contribution in [1.82, 2.24) is 0 Å². The number of rotatable bonds is 3. The first-order valence-electron chi connectivity index (χ1n) is 4.63. The lowest BCUT2D eigenvalue weighted by Gasteiger charge is -2.02. The molecule has 0 aromatic carbocycles. The highest BCUT2D eigenvalue weighted by atomic mass is 16.5. The zero-order valence-electron chi connectivity index (χ0n) is 7.93. The molecule has 80 valence electrons. The molecule has 1 unspecified atom stereocenters. The second kappa shape index (κ2) is 3.86. The maximum absolute atomic E-state index is 11.7. The summed E-state index contributed by atoms with van der Waals surface area (Å²) in [4.78, 5) is 22.2. The van der Waals surface area contributed by atoms with E-state index in [4.69, 9.17) is 14.3 Å². The van der Waals surface area contributed by atoms with E-state index in [1.807, 2.05) is 0 Å². The number of furan rings is 1. The fourth-order valence-corrected chi connectivity index (χ4v) is 1.53. The summed E-state index contributed by atoms with van der Waals surface area (Å²) in [7, 11) is 0. The van der Waals surface area contributed by atoms with E-state index < -0.39 is 5.97 Å². The van der Waals surface area contributed by atoms with Gasteiger partial charge in [-0.25, -0.2) is 4.79 Å². The monoisotopic (exact) mass is 210 g/mol. The lowest BCUT2D eigenvalue weighted by molar-refractivity contribution is 0.0658. The summed E-state index contributed by atoms with van der Waals surface area (Å²) in [5.74, 6) is -1.66. The molecule has 1 aliphatic heterocycles. The van der Waals surface area contributed by atoms with Crippen LogP contribution >= 0.6 is 0 Å². The number of ether oxygens (including phenoxy) is 1. The summed E-state index contributed by atoms with van der Waals surface area (Å²) in [6, 6.07) is 2.68. The lowest BCUT2D eigenvalue weighted by atomic mass is 10.0. The second-order valence-corrected chi connectivity index (χ2v) is 3.39. The molecule has 0 radical (unpaired) electrons. The Balaban J connectivity index is 2.14. The predicted molar refractivity (Wildman–Crippen MR) is 48.9 cm³/mol. The number of aromatic carboxylic acids is 1. The number of ketones is 1. The average Bonchev–Trinajstić information content (AvgIpc) is 2.88. The molecule has 2 heterocycles. The quantitative estimate of drug-likeness (QED) is 0.758. The van der Waals surface area contributed by atoms with E-state index in [0.29, 0.717) is 19.6 Å². The molecule has 0 aliphatic carbocycles. The van der Waals surface area contributed by atoms with Crippen molar-refractivity contribution in [3.8, 4) is 0 Å². The van der Waals surface area contributed by atoms with Crippen molar-refractivity contribution in [1.29, 1.82) is 0 Å². The minimum atomic E-state index is -1.17. The Hall–Kier alpha value is -1.62. The molecular weight excluding hydrogens is 200 g/mol. The molecule has 0 amide bonds. The topological polar surface area (TPSA) is 76.7 Å². The molecule has 0 saturated carbocycles. The van der Waals surface area contributed by atoms with Crippen molar-refractivity contribution >= 4 is 11.8 Å². The smallest absolute Gasteiger partial charge is 0.371 e. The molecule has 1 aliphatic rings. The maximum atomic E-state index is 11.7. The summed E-state index contributed by atoms with van der Waals surface area (Å²) >= 11 is 0. The van der Waals surface area contributed by atoms with Gasteiger partial charge in [0.1, 0.15) is 0 Å². The van der Waals surface area contributed by atoms with Crippen LogP contribution in [-0.4, -0.2) is 30.1 Å². The molecule has 1 aromatic rings. The zero-order chi connectivity index (χ0) is 10.8. The Morgan fingerprint density at radius 1 is 1.33 bits per heavy atom. The van der Waals surface area contributed by atoms with Crippen LogP contribution in [0.3, 0.4) is 0 Å². The predicted octanol–water partition coefficient (Wildman–Crippen LogP) is 1.20. The molecule has 1 saturated heterocycles. The Bertz CT molecular complexity index is 386. The normalized spacial score (nSPS) is 20.4. The first-order chi connectivity index (χ1) is 7.18. The van der Waals surface area contributed by atoms with Crippen LogP contribution in [0.15, 0.2) is 16.5 Å². The number of hydrogen-bond acceptors (Lipinski definition) is 4. The van der Waals surface area contributed by atoms with Gasteiger partial charge in [0.05, 0.1) is 12.5 Å². The summed E-state index contributed by atoms with van der Waals surface area (Å²) < 4.78 is 9.99. The van der Waals surface area contributed by atoms with Gasteiger partial charge in [-0.1, -0.05) is 0 Å². The van der Waals surface area contributed by atoms with Crippen LogP contribution < -0.4 is 0 Å². The third-order valence-electron chi connectivity index (χ3n) is 2.36. The summed E-state index contributed by atoms with van der Waals surface area (Å²) in [5, 5.41) is 8.62. The Morgan fingerprint density at radius 2 is 2.07 bits per heavy atom. The van der Waals surface area contributed by atoms with E-state index in [-0.39, 0.29) is 23.2 Å². The van der Waals surface area contributed by atoms with Crippen molar-refractivity contribution in [3.63, 3.8) is 0 Å². The zero-order valence-corrected chi connectivity index (χ0v) is 7.93. The van der Waals surface area contributed by atoms with Crippen LogP contribution in [0.4, 0.5) is 0 Å². The third-order valence-corrected chi connectivity index (χ3v) is 2.36. The summed E-state index contributed by atoms with van der Waals surface area (Å²) in [5.41, 5.74) is 0. The van der Waals surface area contributed by atoms with E-state index in [1.54, 1.807) is 0 Å². The van der Waals surface area contributed by atoms with Crippen LogP contribution in [0.5, 0.6) is 0 Å². The van der Waals surface area contributed by atoms with Gasteiger partial charge >= 0.3 is 5.97 Å². The minimum absolute atomic E-state index is 0.0999. The second-order valence-electron chi connectivity index (χ2n) is 3.39. The van der Waals surface area contributed by atoms with Crippen molar-refractivity contribution in [2.24, 2.45) is 5.92 Å². The molecule has 1 fully saturated rings. The number of hydrogen-bond donors (Lipinski definition) is 1. The van der Waals surface area contributed by atoms with Crippen molar-refractivity contribution in [3.05, 3.63) is 23.7 Å². The minimum Gasteiger partial charge on any atom is -0.475 e. The molecule has 0 spiro atoms. The fraction of sp³-hybridized carbons (Fsp3) is 0.400. The molecule has 0 bridgehead atoms. The first kappa shape index (κ1) is 9.92. The number of carboxylic acids is 1. The molecular formula is C10H10O5. The van der Waals surface area contributed by atoms with E-state index in [1.165, 1.54) is 12.1 Å². The van der Waals surface area contributed by atoms with Crippen LogP contribution in [0.1, 0.15) is 27.5 Å². The number of carbonyl (C=O) groups is 2. The van der Waals surface area contributed by atoms with E-state index >= 15 is 0 Å². The van der Waals surface area contributed by atoms with E-state index in [9.17, 15) is 9.59 Å². The standard InChI is InChI=1S/C10H10O5/c11-9(6-3-4-14-5-6)7-1-2-8(15-7)10(12)13/h1-2,6H,3-5H2,(H,12,13). The first-order valence-corrected chi connectivity index (χ1v) is 4.63. The van der Waals surface area contributed by atoms with Gasteiger partial charge in [-0.15, -0.1) is 0 Å². The molecule has 2 rings (SSSR count). The highest BCUT2D eigenvalue weighted by molar-refractivity contribution is 5.96. The summed E-state index contributed by atoms with van der Waals surface area (Å²) in [6.45, 7) is 0.963. The largest absolute Gasteiger partial charge is 0.475 e. The highest BCUT2D eigenvalue weighted by Crippen LogP contribution is 2.19. The van der Waals surface area contributed by atoms with Gasteiger partial charge in [0.2, 0.25) is 11.5 Å². The van der Waals surface area contributed by atoms with E-state index in [0.717, 1.165) is 0 Å². The van der Waals surface area contributed by atoms with Crippen molar-refractivity contribution in [2.45, 2.75) is 6.42 Å². The summed E-state index contributed by atoms with van der Waals surface area (Å²) in [6.07, 6.45) is 0.669. The van der Waals surface area contributed by atoms with Gasteiger partial charge in [-0.3, -0.25) is 4.79 Å².